The summed E-state index contributed by atoms with van der Waals surface area (Å²) in [5.74, 6) is 1.64. The Morgan fingerprint density at radius 1 is 1.29 bits per heavy atom. The quantitative estimate of drug-likeness (QED) is 0.914. The van der Waals surface area contributed by atoms with Crippen molar-refractivity contribution in [2.45, 2.75) is 18.9 Å². The van der Waals surface area contributed by atoms with Gasteiger partial charge >= 0.3 is 0 Å². The number of piperidine rings is 1. The molecular formula is C17H22N6O. The summed E-state index contributed by atoms with van der Waals surface area (Å²) >= 11 is 0. The van der Waals surface area contributed by atoms with E-state index >= 15 is 0 Å². The Morgan fingerprint density at radius 2 is 2.17 bits per heavy atom. The standard InChI is InChI=1S/C17H22N6O/c1-22(2)15-10-16(20-12-19-15)23-9-5-6-13(11-23)21-17(24)14-7-3-4-8-18-14/h3-4,7-8,10,12-13H,5-6,9,11H2,1-2H3,(H,21,24)/t13-/m0/s1. The van der Waals surface area contributed by atoms with Crippen molar-refractivity contribution in [3.8, 4) is 0 Å². The third-order valence-corrected chi connectivity index (χ3v) is 4.07. The number of nitrogens with zero attached hydrogens (tertiary/aromatic N) is 5. The van der Waals surface area contributed by atoms with Gasteiger partial charge in [0.2, 0.25) is 0 Å². The normalized spacial score (nSPS) is 17.4. The minimum absolute atomic E-state index is 0.0889. The van der Waals surface area contributed by atoms with Gasteiger partial charge in [0.05, 0.1) is 0 Å². The molecule has 0 aliphatic carbocycles. The summed E-state index contributed by atoms with van der Waals surface area (Å²) in [6, 6.07) is 7.41. The molecule has 3 rings (SSSR count). The lowest BCUT2D eigenvalue weighted by Crippen LogP contribution is -2.48. The van der Waals surface area contributed by atoms with E-state index < -0.39 is 0 Å². The molecule has 0 radical (unpaired) electrons. The van der Waals surface area contributed by atoms with Crippen molar-refractivity contribution in [1.82, 2.24) is 20.3 Å². The molecule has 1 fully saturated rings. The van der Waals surface area contributed by atoms with Gasteiger partial charge in [-0.25, -0.2) is 9.97 Å². The van der Waals surface area contributed by atoms with Crippen LogP contribution in [0.25, 0.3) is 0 Å². The fourth-order valence-electron chi connectivity index (χ4n) is 2.81. The van der Waals surface area contributed by atoms with Crippen LogP contribution in [0.3, 0.4) is 0 Å². The highest BCUT2D eigenvalue weighted by molar-refractivity contribution is 5.92. The van der Waals surface area contributed by atoms with Gasteiger partial charge in [-0.1, -0.05) is 6.07 Å². The molecule has 1 amide bonds. The number of aromatic nitrogens is 3. The summed E-state index contributed by atoms with van der Waals surface area (Å²) in [7, 11) is 3.91. The summed E-state index contributed by atoms with van der Waals surface area (Å²) in [5, 5.41) is 3.08. The highest BCUT2D eigenvalue weighted by atomic mass is 16.1. The Hall–Kier alpha value is -2.70. The van der Waals surface area contributed by atoms with Crippen molar-refractivity contribution in [1.29, 1.82) is 0 Å². The Morgan fingerprint density at radius 3 is 2.92 bits per heavy atom. The molecule has 1 atom stereocenters. The van der Waals surface area contributed by atoms with Gasteiger partial charge in [0, 0.05) is 45.5 Å². The molecule has 7 nitrogen and oxygen atoms in total. The highest BCUT2D eigenvalue weighted by Crippen LogP contribution is 2.20. The van der Waals surface area contributed by atoms with E-state index in [1.54, 1.807) is 24.7 Å². The number of rotatable bonds is 4. The lowest BCUT2D eigenvalue weighted by molar-refractivity contribution is 0.0928. The molecule has 3 heterocycles. The van der Waals surface area contributed by atoms with Crippen LogP contribution in [0.15, 0.2) is 36.8 Å². The SMILES string of the molecule is CN(C)c1cc(N2CCC[C@H](NC(=O)c3ccccn3)C2)ncn1. The van der Waals surface area contributed by atoms with Crippen LogP contribution in [0.5, 0.6) is 0 Å². The summed E-state index contributed by atoms with van der Waals surface area (Å²) in [6.07, 6.45) is 5.18. The average Bonchev–Trinajstić information content (AvgIpc) is 2.63. The second kappa shape index (κ2) is 7.25. The van der Waals surface area contributed by atoms with Crippen LogP contribution in [-0.2, 0) is 0 Å². The Bertz CT molecular complexity index is 690. The van der Waals surface area contributed by atoms with Crippen molar-refractivity contribution >= 4 is 17.5 Å². The van der Waals surface area contributed by atoms with E-state index in [0.717, 1.165) is 37.6 Å². The lowest BCUT2D eigenvalue weighted by atomic mass is 10.1. The first-order chi connectivity index (χ1) is 11.6. The van der Waals surface area contributed by atoms with Crippen molar-refractivity contribution in [3.63, 3.8) is 0 Å². The van der Waals surface area contributed by atoms with Crippen LogP contribution < -0.4 is 15.1 Å². The fourth-order valence-corrected chi connectivity index (χ4v) is 2.81. The zero-order valence-corrected chi connectivity index (χ0v) is 14.0. The van der Waals surface area contributed by atoms with Crippen LogP contribution in [0.4, 0.5) is 11.6 Å². The monoisotopic (exact) mass is 326 g/mol. The minimum Gasteiger partial charge on any atom is -0.363 e. The van der Waals surface area contributed by atoms with Gasteiger partial charge in [0.25, 0.3) is 5.91 Å². The molecule has 2 aromatic heterocycles. The van der Waals surface area contributed by atoms with Crippen molar-refractivity contribution < 1.29 is 4.79 Å². The van der Waals surface area contributed by atoms with Gasteiger partial charge in [-0.3, -0.25) is 9.78 Å². The van der Waals surface area contributed by atoms with Crippen molar-refractivity contribution in [3.05, 3.63) is 42.5 Å². The second-order valence-corrected chi connectivity index (χ2v) is 6.10. The maximum absolute atomic E-state index is 12.3. The van der Waals surface area contributed by atoms with Gasteiger partial charge < -0.3 is 15.1 Å². The summed E-state index contributed by atoms with van der Waals surface area (Å²) in [4.78, 5) is 29.2. The van der Waals surface area contributed by atoms with Crippen molar-refractivity contribution in [2.24, 2.45) is 0 Å². The largest absolute Gasteiger partial charge is 0.363 e. The van der Waals surface area contributed by atoms with E-state index in [-0.39, 0.29) is 11.9 Å². The van der Waals surface area contributed by atoms with Crippen LogP contribution in [0, 0.1) is 0 Å². The second-order valence-electron chi connectivity index (χ2n) is 6.10. The number of pyridine rings is 1. The molecule has 0 spiro atoms. The first kappa shape index (κ1) is 16.2. The highest BCUT2D eigenvalue weighted by Gasteiger charge is 2.23. The smallest absolute Gasteiger partial charge is 0.270 e. The number of hydrogen-bond acceptors (Lipinski definition) is 6. The maximum atomic E-state index is 12.3. The Balaban J connectivity index is 1.66. The van der Waals surface area contributed by atoms with Crippen LogP contribution >= 0.6 is 0 Å². The predicted octanol–water partition coefficient (Wildman–Crippen LogP) is 1.34. The Kier molecular flexibility index (Phi) is 4.88. The van der Waals surface area contributed by atoms with Gasteiger partial charge in [-0.2, -0.15) is 0 Å². The van der Waals surface area contributed by atoms with E-state index in [1.807, 2.05) is 31.1 Å². The van der Waals surface area contributed by atoms with Gasteiger partial charge in [0.15, 0.2) is 0 Å². The molecule has 1 aliphatic heterocycles. The molecule has 0 saturated carbocycles. The van der Waals surface area contributed by atoms with Crippen LogP contribution in [0.1, 0.15) is 23.3 Å². The number of carbonyl (C=O) groups excluding carboxylic acids is 1. The lowest BCUT2D eigenvalue weighted by Gasteiger charge is -2.34. The summed E-state index contributed by atoms with van der Waals surface area (Å²) in [5.41, 5.74) is 0.451. The van der Waals surface area contributed by atoms with E-state index in [1.165, 1.54) is 0 Å². The predicted molar refractivity (Wildman–Crippen MR) is 93.3 cm³/mol. The minimum atomic E-state index is -0.126. The molecule has 0 aromatic carbocycles. The fraction of sp³-hybridized carbons (Fsp3) is 0.412. The summed E-state index contributed by atoms with van der Waals surface area (Å²) in [6.45, 7) is 1.67. The zero-order chi connectivity index (χ0) is 16.9. The Labute approximate surface area is 141 Å². The summed E-state index contributed by atoms with van der Waals surface area (Å²) < 4.78 is 0. The number of nitrogens with one attached hydrogen (secondary N) is 1. The van der Waals surface area contributed by atoms with E-state index in [0.29, 0.717) is 5.69 Å². The molecule has 1 N–H and O–H groups in total. The van der Waals surface area contributed by atoms with Crippen LogP contribution in [-0.4, -0.2) is 54.1 Å². The topological polar surface area (TPSA) is 74.2 Å². The molecule has 126 valence electrons. The first-order valence-electron chi connectivity index (χ1n) is 8.09. The maximum Gasteiger partial charge on any atom is 0.270 e. The zero-order valence-electron chi connectivity index (χ0n) is 14.0. The molecule has 1 aliphatic rings. The number of anilines is 2. The van der Waals surface area contributed by atoms with E-state index in [9.17, 15) is 4.79 Å². The number of hydrogen-bond donors (Lipinski definition) is 1. The molecular weight excluding hydrogens is 304 g/mol. The molecule has 2 aromatic rings. The molecule has 0 unspecified atom stereocenters. The third-order valence-electron chi connectivity index (χ3n) is 4.07. The van der Waals surface area contributed by atoms with Crippen molar-refractivity contribution in [2.75, 3.05) is 37.0 Å². The molecule has 1 saturated heterocycles. The van der Waals surface area contributed by atoms with E-state index in [4.69, 9.17) is 0 Å². The first-order valence-corrected chi connectivity index (χ1v) is 8.09. The van der Waals surface area contributed by atoms with E-state index in [2.05, 4.69) is 25.2 Å². The third kappa shape index (κ3) is 3.79. The molecule has 7 heteroatoms. The molecule has 0 bridgehead atoms. The average molecular weight is 326 g/mol. The van der Waals surface area contributed by atoms with Gasteiger partial charge in [-0.05, 0) is 25.0 Å². The number of carbonyl (C=O) groups is 1. The molecule has 24 heavy (non-hydrogen) atoms. The number of amides is 1. The van der Waals surface area contributed by atoms with Gasteiger partial charge in [-0.15, -0.1) is 0 Å². The van der Waals surface area contributed by atoms with Gasteiger partial charge in [0.1, 0.15) is 23.7 Å². The van der Waals surface area contributed by atoms with Crippen LogP contribution in [0.2, 0.25) is 0 Å².